The molecule has 0 amide bonds. The van der Waals surface area contributed by atoms with Gasteiger partial charge in [-0.25, -0.2) is 4.57 Å². The van der Waals surface area contributed by atoms with Crippen LogP contribution in [0.1, 0.15) is 13.3 Å². The summed E-state index contributed by atoms with van der Waals surface area (Å²) in [6, 6.07) is 0. The Kier molecular flexibility index (Phi) is 4.88. The summed E-state index contributed by atoms with van der Waals surface area (Å²) < 4.78 is 19.1. The van der Waals surface area contributed by atoms with Gasteiger partial charge in [0.2, 0.25) is 0 Å². The SMILES string of the molecule is CCC(O)COP(=O)(O)OC. The first-order valence-electron chi connectivity index (χ1n) is 3.23. The van der Waals surface area contributed by atoms with Crippen LogP contribution >= 0.6 is 7.82 Å². The zero-order valence-electron chi connectivity index (χ0n) is 6.56. The Bertz CT molecular complexity index is 148. The van der Waals surface area contributed by atoms with Crippen LogP contribution in [0.2, 0.25) is 0 Å². The summed E-state index contributed by atoms with van der Waals surface area (Å²) in [5.41, 5.74) is 0. The maximum absolute atomic E-state index is 10.6. The van der Waals surface area contributed by atoms with Crippen molar-refractivity contribution in [3.8, 4) is 0 Å². The van der Waals surface area contributed by atoms with E-state index in [1.165, 1.54) is 0 Å². The van der Waals surface area contributed by atoms with Crippen molar-refractivity contribution in [2.75, 3.05) is 13.7 Å². The lowest BCUT2D eigenvalue weighted by Gasteiger charge is -2.11. The van der Waals surface area contributed by atoms with Crippen LogP contribution in [-0.4, -0.2) is 29.8 Å². The van der Waals surface area contributed by atoms with Crippen LogP contribution in [0.15, 0.2) is 0 Å². The Morgan fingerprint density at radius 1 is 1.64 bits per heavy atom. The van der Waals surface area contributed by atoms with Crippen LogP contribution in [0.5, 0.6) is 0 Å². The molecule has 0 heterocycles. The summed E-state index contributed by atoms with van der Waals surface area (Å²) in [5, 5.41) is 8.90. The molecule has 2 atom stereocenters. The zero-order valence-corrected chi connectivity index (χ0v) is 7.45. The van der Waals surface area contributed by atoms with Crippen LogP contribution in [0.3, 0.4) is 0 Å². The molecule has 0 aromatic carbocycles. The Balaban J connectivity index is 3.61. The number of aliphatic hydroxyl groups excluding tert-OH is 1. The lowest BCUT2D eigenvalue weighted by molar-refractivity contribution is 0.0773. The molecule has 5 nitrogen and oxygen atoms in total. The lowest BCUT2D eigenvalue weighted by atomic mass is 10.3. The molecule has 2 N–H and O–H groups in total. The molecule has 0 aromatic heterocycles. The molecule has 11 heavy (non-hydrogen) atoms. The van der Waals surface area contributed by atoms with Gasteiger partial charge in [0, 0.05) is 7.11 Å². The topological polar surface area (TPSA) is 76.0 Å². The van der Waals surface area contributed by atoms with Crippen LogP contribution < -0.4 is 0 Å². The molecule has 68 valence electrons. The summed E-state index contributed by atoms with van der Waals surface area (Å²) in [6.07, 6.45) is -0.241. The van der Waals surface area contributed by atoms with Gasteiger partial charge in [-0.05, 0) is 6.42 Å². The fourth-order valence-electron chi connectivity index (χ4n) is 0.351. The molecule has 0 radical (unpaired) electrons. The van der Waals surface area contributed by atoms with Crippen molar-refractivity contribution < 1.29 is 23.6 Å². The van der Waals surface area contributed by atoms with Gasteiger partial charge in [-0.2, -0.15) is 0 Å². The van der Waals surface area contributed by atoms with E-state index in [9.17, 15) is 4.57 Å². The molecule has 0 rings (SSSR count). The highest BCUT2D eigenvalue weighted by Crippen LogP contribution is 2.41. The number of rotatable bonds is 5. The van der Waals surface area contributed by atoms with Crippen molar-refractivity contribution in [3.63, 3.8) is 0 Å². The average Bonchev–Trinajstić information content (AvgIpc) is 2.00. The highest BCUT2D eigenvalue weighted by molar-refractivity contribution is 7.47. The van der Waals surface area contributed by atoms with E-state index in [4.69, 9.17) is 10.00 Å². The molecule has 0 saturated heterocycles. The quantitative estimate of drug-likeness (QED) is 0.609. The molecule has 0 saturated carbocycles. The molecule has 0 bridgehead atoms. The molecule has 0 aliphatic carbocycles. The number of hydrogen-bond donors (Lipinski definition) is 2. The summed E-state index contributed by atoms with van der Waals surface area (Å²) in [4.78, 5) is 8.67. The smallest absolute Gasteiger partial charge is 0.391 e. The molecular formula is C5H13O5P. The Labute approximate surface area is 65.6 Å². The van der Waals surface area contributed by atoms with Crippen LogP contribution in [0.4, 0.5) is 0 Å². The molecule has 0 spiro atoms. The van der Waals surface area contributed by atoms with Crippen molar-refractivity contribution in [1.82, 2.24) is 0 Å². The number of aliphatic hydroxyl groups is 1. The summed E-state index contributed by atoms with van der Waals surface area (Å²) in [5.74, 6) is 0. The Morgan fingerprint density at radius 2 is 2.18 bits per heavy atom. The van der Waals surface area contributed by atoms with Gasteiger partial charge in [-0.1, -0.05) is 6.92 Å². The van der Waals surface area contributed by atoms with Gasteiger partial charge >= 0.3 is 7.82 Å². The van der Waals surface area contributed by atoms with Gasteiger partial charge in [-0.15, -0.1) is 0 Å². The van der Waals surface area contributed by atoms with Crippen LogP contribution in [0.25, 0.3) is 0 Å². The number of hydrogen-bond acceptors (Lipinski definition) is 4. The van der Waals surface area contributed by atoms with Crippen molar-refractivity contribution in [1.29, 1.82) is 0 Å². The fraction of sp³-hybridized carbons (Fsp3) is 1.00. The molecular weight excluding hydrogens is 171 g/mol. The van der Waals surface area contributed by atoms with Crippen molar-refractivity contribution in [3.05, 3.63) is 0 Å². The van der Waals surface area contributed by atoms with Crippen molar-refractivity contribution in [2.24, 2.45) is 0 Å². The van der Waals surface area contributed by atoms with Gasteiger partial charge in [0.05, 0.1) is 12.7 Å². The summed E-state index contributed by atoms with van der Waals surface area (Å²) >= 11 is 0. The molecule has 2 unspecified atom stereocenters. The maximum Gasteiger partial charge on any atom is 0.471 e. The van der Waals surface area contributed by atoms with E-state index in [1.54, 1.807) is 6.92 Å². The van der Waals surface area contributed by atoms with E-state index in [-0.39, 0.29) is 6.61 Å². The maximum atomic E-state index is 10.6. The zero-order chi connectivity index (χ0) is 8.91. The highest BCUT2D eigenvalue weighted by atomic mass is 31.2. The van der Waals surface area contributed by atoms with E-state index in [0.717, 1.165) is 7.11 Å². The fourth-order valence-corrected chi connectivity index (χ4v) is 0.817. The van der Waals surface area contributed by atoms with Gasteiger partial charge in [0.1, 0.15) is 0 Å². The minimum Gasteiger partial charge on any atom is -0.391 e. The molecule has 0 aromatic rings. The van der Waals surface area contributed by atoms with E-state index in [1.807, 2.05) is 0 Å². The second-order valence-electron chi connectivity index (χ2n) is 2.01. The number of phosphoric acid groups is 1. The van der Waals surface area contributed by atoms with Crippen molar-refractivity contribution in [2.45, 2.75) is 19.4 Å². The second kappa shape index (κ2) is 4.85. The molecule has 0 aliphatic rings. The van der Waals surface area contributed by atoms with Gasteiger partial charge in [0.25, 0.3) is 0 Å². The average molecular weight is 184 g/mol. The Hall–Kier alpha value is 0.0700. The first-order valence-corrected chi connectivity index (χ1v) is 4.72. The third-order valence-electron chi connectivity index (χ3n) is 1.13. The van der Waals surface area contributed by atoms with Crippen molar-refractivity contribution >= 4 is 7.82 Å². The normalized spacial score (nSPS) is 19.3. The predicted molar refractivity (Wildman–Crippen MR) is 39.1 cm³/mol. The van der Waals surface area contributed by atoms with Gasteiger partial charge in [0.15, 0.2) is 0 Å². The largest absolute Gasteiger partial charge is 0.471 e. The molecule has 0 aliphatic heterocycles. The van der Waals surface area contributed by atoms with Gasteiger partial charge in [-0.3, -0.25) is 9.05 Å². The van der Waals surface area contributed by atoms with E-state index in [0.29, 0.717) is 6.42 Å². The monoisotopic (exact) mass is 184 g/mol. The minimum absolute atomic E-state index is 0.182. The number of phosphoric ester groups is 1. The van der Waals surface area contributed by atoms with E-state index < -0.39 is 13.9 Å². The van der Waals surface area contributed by atoms with Crippen LogP contribution in [-0.2, 0) is 13.6 Å². The predicted octanol–water partition coefficient (Wildman–Crippen LogP) is 0.521. The van der Waals surface area contributed by atoms with E-state index >= 15 is 0 Å². The summed E-state index contributed by atoms with van der Waals surface area (Å²) in [6.45, 7) is 1.56. The second-order valence-corrected chi connectivity index (χ2v) is 3.57. The first-order chi connectivity index (χ1) is 5.02. The lowest BCUT2D eigenvalue weighted by Crippen LogP contribution is -2.12. The van der Waals surface area contributed by atoms with Gasteiger partial charge < -0.3 is 10.00 Å². The minimum atomic E-state index is -3.90. The van der Waals surface area contributed by atoms with E-state index in [2.05, 4.69) is 9.05 Å². The molecule has 0 fully saturated rings. The third-order valence-corrected chi connectivity index (χ3v) is 2.07. The summed E-state index contributed by atoms with van der Waals surface area (Å²) in [7, 11) is -2.83. The standard InChI is InChI=1S/C5H13O5P/c1-3-5(6)4-10-11(7,8)9-2/h5-6H,3-4H2,1-2H3,(H,7,8). The third kappa shape index (κ3) is 5.35. The molecule has 6 heteroatoms. The Morgan fingerprint density at radius 3 is 2.55 bits per heavy atom. The van der Waals surface area contributed by atoms with Crippen LogP contribution in [0, 0.1) is 0 Å². The highest BCUT2D eigenvalue weighted by Gasteiger charge is 2.19. The first kappa shape index (κ1) is 11.1.